The van der Waals surface area contributed by atoms with Crippen molar-refractivity contribution in [2.45, 2.75) is 32.7 Å². The minimum Gasteiger partial charge on any atom is -0.478 e. The Morgan fingerprint density at radius 2 is 1.46 bits per heavy atom. The second kappa shape index (κ2) is 10.9. The number of imidazole rings is 1. The molecule has 0 amide bonds. The standard InChI is InChI=1S/C29H26N2O6/c1-2-3-13-24-25(28(35)36)31(26(32)21-9-5-4-6-10-21)29(37)30(24)18-19-14-16-20(17-15-19)22-11-7-8-12-23(22)27(33)34/h4-12,14-17H,2-3,13,18H2,1H3,(H,33,34)(H,35,36). The van der Waals surface area contributed by atoms with Gasteiger partial charge in [0.15, 0.2) is 5.69 Å². The molecule has 0 bridgehead atoms. The second-order valence-corrected chi connectivity index (χ2v) is 8.63. The summed E-state index contributed by atoms with van der Waals surface area (Å²) in [6.07, 6.45) is 1.75. The van der Waals surface area contributed by atoms with E-state index in [4.69, 9.17) is 0 Å². The van der Waals surface area contributed by atoms with Gasteiger partial charge in [-0.05, 0) is 47.7 Å². The number of hydrogen-bond donors (Lipinski definition) is 2. The molecule has 37 heavy (non-hydrogen) atoms. The first-order valence-electron chi connectivity index (χ1n) is 11.9. The molecule has 1 heterocycles. The van der Waals surface area contributed by atoms with Crippen LogP contribution in [0.15, 0.2) is 83.7 Å². The van der Waals surface area contributed by atoms with Crippen LogP contribution in [0.2, 0.25) is 0 Å². The topological polar surface area (TPSA) is 119 Å². The van der Waals surface area contributed by atoms with E-state index in [1.807, 2.05) is 6.92 Å². The minimum atomic E-state index is -1.34. The van der Waals surface area contributed by atoms with Crippen molar-refractivity contribution >= 4 is 17.8 Å². The van der Waals surface area contributed by atoms with Gasteiger partial charge in [0.1, 0.15) is 0 Å². The Labute approximate surface area is 213 Å². The van der Waals surface area contributed by atoms with Crippen LogP contribution < -0.4 is 5.69 Å². The highest BCUT2D eigenvalue weighted by Gasteiger charge is 2.28. The van der Waals surface area contributed by atoms with Crippen molar-refractivity contribution in [3.8, 4) is 11.1 Å². The van der Waals surface area contributed by atoms with Crippen molar-refractivity contribution in [3.05, 3.63) is 117 Å². The van der Waals surface area contributed by atoms with E-state index >= 15 is 0 Å². The van der Waals surface area contributed by atoms with Crippen LogP contribution >= 0.6 is 0 Å². The number of carboxylic acids is 2. The summed E-state index contributed by atoms with van der Waals surface area (Å²) in [5, 5.41) is 19.5. The average Bonchev–Trinajstić information content (AvgIpc) is 3.19. The Morgan fingerprint density at radius 1 is 0.811 bits per heavy atom. The van der Waals surface area contributed by atoms with E-state index in [2.05, 4.69) is 0 Å². The zero-order valence-corrected chi connectivity index (χ0v) is 20.3. The molecule has 2 N–H and O–H groups in total. The molecule has 0 aliphatic heterocycles. The van der Waals surface area contributed by atoms with E-state index in [-0.39, 0.29) is 23.4 Å². The third kappa shape index (κ3) is 5.13. The fourth-order valence-electron chi connectivity index (χ4n) is 4.36. The number of carbonyl (C=O) groups is 3. The molecule has 0 aliphatic carbocycles. The van der Waals surface area contributed by atoms with Gasteiger partial charge >= 0.3 is 17.6 Å². The molecule has 0 saturated heterocycles. The zero-order valence-electron chi connectivity index (χ0n) is 20.3. The first-order valence-corrected chi connectivity index (χ1v) is 11.9. The van der Waals surface area contributed by atoms with Crippen LogP contribution in [0.4, 0.5) is 0 Å². The van der Waals surface area contributed by atoms with Gasteiger partial charge in [-0.3, -0.25) is 9.36 Å². The van der Waals surface area contributed by atoms with E-state index < -0.39 is 23.5 Å². The molecule has 0 fully saturated rings. The smallest absolute Gasteiger partial charge is 0.354 e. The minimum absolute atomic E-state index is 0.0636. The molecular formula is C29H26N2O6. The number of rotatable bonds is 9. The van der Waals surface area contributed by atoms with E-state index in [9.17, 15) is 29.4 Å². The molecule has 8 heteroatoms. The SMILES string of the molecule is CCCCc1c(C(=O)O)n(C(=O)c2ccccc2)c(=O)n1Cc1ccc(-c2ccccc2C(=O)O)cc1. The molecule has 0 aliphatic rings. The Kier molecular flexibility index (Phi) is 7.48. The predicted molar refractivity (Wildman–Crippen MR) is 138 cm³/mol. The first-order chi connectivity index (χ1) is 17.8. The van der Waals surface area contributed by atoms with Crippen molar-refractivity contribution in [2.24, 2.45) is 0 Å². The number of unbranched alkanes of at least 4 members (excludes halogenated alkanes) is 1. The summed E-state index contributed by atoms with van der Waals surface area (Å²) >= 11 is 0. The van der Waals surface area contributed by atoms with E-state index in [0.717, 1.165) is 11.0 Å². The lowest BCUT2D eigenvalue weighted by Gasteiger charge is -2.10. The number of hydrogen-bond acceptors (Lipinski definition) is 4. The van der Waals surface area contributed by atoms with Crippen molar-refractivity contribution in [1.82, 2.24) is 9.13 Å². The van der Waals surface area contributed by atoms with Crippen LogP contribution in [0, 0.1) is 0 Å². The number of carbonyl (C=O) groups excluding carboxylic acids is 1. The largest absolute Gasteiger partial charge is 0.478 e. The van der Waals surface area contributed by atoms with Crippen molar-refractivity contribution in [3.63, 3.8) is 0 Å². The number of carboxylic acid groups (broad SMARTS) is 2. The van der Waals surface area contributed by atoms with Crippen LogP contribution in [0.25, 0.3) is 11.1 Å². The molecule has 1 aromatic heterocycles. The van der Waals surface area contributed by atoms with Gasteiger partial charge in [0, 0.05) is 5.56 Å². The highest BCUT2D eigenvalue weighted by atomic mass is 16.4. The van der Waals surface area contributed by atoms with Crippen LogP contribution in [-0.4, -0.2) is 37.2 Å². The molecule has 0 unspecified atom stereocenters. The summed E-state index contributed by atoms with van der Waals surface area (Å²) in [7, 11) is 0. The summed E-state index contributed by atoms with van der Waals surface area (Å²) < 4.78 is 2.10. The number of benzene rings is 3. The van der Waals surface area contributed by atoms with Gasteiger partial charge in [-0.2, -0.15) is 0 Å². The Bertz CT molecular complexity index is 1510. The summed E-state index contributed by atoms with van der Waals surface area (Å²) in [5.41, 5.74) is 1.63. The van der Waals surface area contributed by atoms with Crippen LogP contribution in [0.5, 0.6) is 0 Å². The van der Waals surface area contributed by atoms with Gasteiger partial charge < -0.3 is 10.2 Å². The quantitative estimate of drug-likeness (QED) is 0.342. The number of nitrogens with zero attached hydrogens (tertiary/aromatic N) is 2. The number of aromatic nitrogens is 2. The van der Waals surface area contributed by atoms with Crippen LogP contribution in [0.3, 0.4) is 0 Å². The predicted octanol–water partition coefficient (Wildman–Crippen LogP) is 4.79. The third-order valence-electron chi connectivity index (χ3n) is 6.20. The van der Waals surface area contributed by atoms with Gasteiger partial charge in [-0.1, -0.05) is 74.0 Å². The Morgan fingerprint density at radius 3 is 2.08 bits per heavy atom. The van der Waals surface area contributed by atoms with Gasteiger partial charge in [-0.15, -0.1) is 0 Å². The van der Waals surface area contributed by atoms with E-state index in [0.29, 0.717) is 35.2 Å². The summed E-state index contributed by atoms with van der Waals surface area (Å²) in [5.74, 6) is -3.07. The van der Waals surface area contributed by atoms with E-state index in [1.165, 1.54) is 22.8 Å². The van der Waals surface area contributed by atoms with Crippen molar-refractivity contribution in [1.29, 1.82) is 0 Å². The summed E-state index contributed by atoms with van der Waals surface area (Å²) in [4.78, 5) is 50.6. The molecule has 0 radical (unpaired) electrons. The molecule has 4 rings (SSSR count). The van der Waals surface area contributed by atoms with Gasteiger partial charge in [0.05, 0.1) is 17.8 Å². The highest BCUT2D eigenvalue weighted by Crippen LogP contribution is 2.25. The van der Waals surface area contributed by atoms with Gasteiger partial charge in [0.25, 0.3) is 5.91 Å². The lowest BCUT2D eigenvalue weighted by atomic mass is 9.99. The maximum Gasteiger partial charge on any atom is 0.354 e. The molecule has 4 aromatic rings. The molecule has 3 aromatic carbocycles. The first kappa shape index (κ1) is 25.4. The molecule has 0 spiro atoms. The molecule has 0 atom stereocenters. The van der Waals surface area contributed by atoms with Gasteiger partial charge in [-0.25, -0.2) is 19.0 Å². The second-order valence-electron chi connectivity index (χ2n) is 8.63. The average molecular weight is 499 g/mol. The highest BCUT2D eigenvalue weighted by molar-refractivity contribution is 6.01. The lowest BCUT2D eigenvalue weighted by molar-refractivity contribution is 0.0671. The normalized spacial score (nSPS) is 10.8. The van der Waals surface area contributed by atoms with Crippen molar-refractivity contribution < 1.29 is 24.6 Å². The van der Waals surface area contributed by atoms with Gasteiger partial charge in [0.2, 0.25) is 0 Å². The maximum absolute atomic E-state index is 13.5. The Hall–Kier alpha value is -4.72. The summed E-state index contributed by atoms with van der Waals surface area (Å²) in [6.45, 7) is 2.02. The lowest BCUT2D eigenvalue weighted by Crippen LogP contribution is -2.31. The Balaban J connectivity index is 1.77. The van der Waals surface area contributed by atoms with Crippen LogP contribution in [0.1, 0.15) is 62.2 Å². The maximum atomic E-state index is 13.5. The fourth-order valence-corrected chi connectivity index (χ4v) is 4.36. The summed E-state index contributed by atoms with van der Waals surface area (Å²) in [6, 6.07) is 21.8. The molecule has 0 saturated carbocycles. The molecule has 8 nitrogen and oxygen atoms in total. The number of aromatic carboxylic acids is 2. The van der Waals surface area contributed by atoms with E-state index in [1.54, 1.807) is 60.7 Å². The monoisotopic (exact) mass is 498 g/mol. The zero-order chi connectivity index (χ0) is 26.5. The van der Waals surface area contributed by atoms with Crippen molar-refractivity contribution in [2.75, 3.05) is 0 Å². The van der Waals surface area contributed by atoms with Crippen LogP contribution in [-0.2, 0) is 13.0 Å². The fraction of sp³-hybridized carbons (Fsp3) is 0.172. The third-order valence-corrected chi connectivity index (χ3v) is 6.20. The molecular weight excluding hydrogens is 472 g/mol. The molecule has 188 valence electrons.